The normalized spacial score (nSPS) is 10.9. The number of hydrogen-bond acceptors (Lipinski definition) is 3. The minimum atomic E-state index is -0.838. The van der Waals surface area contributed by atoms with Gasteiger partial charge in [-0.1, -0.05) is 6.07 Å². The number of fused-ring (bicyclic) bond motifs is 1. The van der Waals surface area contributed by atoms with E-state index in [2.05, 4.69) is 4.98 Å². The third-order valence-electron chi connectivity index (χ3n) is 2.42. The largest absolute Gasteiger partial charge is 0.481 e. The van der Waals surface area contributed by atoms with Crippen LogP contribution in [0.25, 0.3) is 11.1 Å². The van der Waals surface area contributed by atoms with Crippen molar-refractivity contribution >= 4 is 17.1 Å². The van der Waals surface area contributed by atoms with Gasteiger partial charge in [-0.25, -0.2) is 4.98 Å². The van der Waals surface area contributed by atoms with Gasteiger partial charge in [-0.2, -0.15) is 0 Å². The van der Waals surface area contributed by atoms with Crippen LogP contribution in [0, 0.1) is 13.8 Å². The van der Waals surface area contributed by atoms with E-state index in [4.69, 9.17) is 9.52 Å². The van der Waals surface area contributed by atoms with Crippen molar-refractivity contribution in [2.45, 2.75) is 26.7 Å². The van der Waals surface area contributed by atoms with Gasteiger partial charge in [-0.05, 0) is 31.0 Å². The Bertz CT molecular complexity index is 542. The molecule has 0 spiro atoms. The van der Waals surface area contributed by atoms with E-state index >= 15 is 0 Å². The lowest BCUT2D eigenvalue weighted by Crippen LogP contribution is -1.97. The second-order valence-corrected chi connectivity index (χ2v) is 3.93. The van der Waals surface area contributed by atoms with Crippen molar-refractivity contribution in [3.05, 3.63) is 29.2 Å². The molecule has 0 amide bonds. The molecular weight excluding hydrogens is 206 g/mol. The standard InChI is InChI=1S/C12H13NO3/c1-7-5-8(2)12-9(6-7)13-10(16-12)3-4-11(14)15/h5-6H,3-4H2,1-2H3,(H,14,15). The van der Waals surface area contributed by atoms with E-state index in [1.54, 1.807) is 0 Å². The molecule has 0 radical (unpaired) electrons. The van der Waals surface area contributed by atoms with Gasteiger partial charge in [0.1, 0.15) is 5.52 Å². The van der Waals surface area contributed by atoms with Gasteiger partial charge in [-0.15, -0.1) is 0 Å². The molecule has 1 aromatic heterocycles. The van der Waals surface area contributed by atoms with Crippen LogP contribution in [0.3, 0.4) is 0 Å². The van der Waals surface area contributed by atoms with E-state index in [-0.39, 0.29) is 6.42 Å². The second kappa shape index (κ2) is 3.96. The van der Waals surface area contributed by atoms with Crippen molar-refractivity contribution in [1.29, 1.82) is 0 Å². The van der Waals surface area contributed by atoms with E-state index in [0.717, 1.165) is 22.2 Å². The van der Waals surface area contributed by atoms with Crippen LogP contribution >= 0.6 is 0 Å². The number of oxazole rings is 1. The number of aromatic nitrogens is 1. The first-order valence-corrected chi connectivity index (χ1v) is 5.15. The van der Waals surface area contributed by atoms with E-state index in [1.165, 1.54) is 0 Å². The molecule has 16 heavy (non-hydrogen) atoms. The van der Waals surface area contributed by atoms with E-state index in [0.29, 0.717) is 12.3 Å². The smallest absolute Gasteiger partial charge is 0.303 e. The third kappa shape index (κ3) is 2.05. The minimum absolute atomic E-state index is 0.0465. The Kier molecular flexibility index (Phi) is 2.64. The van der Waals surface area contributed by atoms with Crippen molar-refractivity contribution in [3.8, 4) is 0 Å². The Labute approximate surface area is 92.9 Å². The maximum absolute atomic E-state index is 10.4. The Morgan fingerprint density at radius 2 is 2.19 bits per heavy atom. The quantitative estimate of drug-likeness (QED) is 0.861. The van der Waals surface area contributed by atoms with Crippen LogP contribution in [0.4, 0.5) is 0 Å². The molecule has 0 unspecified atom stereocenters. The van der Waals surface area contributed by atoms with Gasteiger partial charge in [0.25, 0.3) is 0 Å². The average molecular weight is 219 g/mol. The number of carboxylic acid groups (broad SMARTS) is 1. The molecule has 0 fully saturated rings. The van der Waals surface area contributed by atoms with E-state index < -0.39 is 5.97 Å². The highest BCUT2D eigenvalue weighted by atomic mass is 16.4. The zero-order chi connectivity index (χ0) is 11.7. The molecule has 0 saturated heterocycles. The van der Waals surface area contributed by atoms with Crippen LogP contribution in [-0.4, -0.2) is 16.1 Å². The first-order chi connectivity index (χ1) is 7.56. The summed E-state index contributed by atoms with van der Waals surface area (Å²) in [5.41, 5.74) is 3.72. The second-order valence-electron chi connectivity index (χ2n) is 3.93. The molecule has 2 aromatic rings. The zero-order valence-electron chi connectivity index (χ0n) is 9.28. The number of hydrogen-bond donors (Lipinski definition) is 1. The summed E-state index contributed by atoms with van der Waals surface area (Å²) < 4.78 is 5.53. The van der Waals surface area contributed by atoms with Crippen LogP contribution in [0.2, 0.25) is 0 Å². The van der Waals surface area contributed by atoms with Gasteiger partial charge < -0.3 is 9.52 Å². The molecule has 1 N–H and O–H groups in total. The van der Waals surface area contributed by atoms with Crippen LogP contribution < -0.4 is 0 Å². The summed E-state index contributed by atoms with van der Waals surface area (Å²) in [5, 5.41) is 8.58. The average Bonchev–Trinajstić information content (AvgIpc) is 2.57. The fourth-order valence-corrected chi connectivity index (χ4v) is 1.74. The van der Waals surface area contributed by atoms with Gasteiger partial charge in [0.15, 0.2) is 11.5 Å². The monoisotopic (exact) mass is 219 g/mol. The molecule has 2 rings (SSSR count). The molecule has 0 saturated carbocycles. The number of nitrogens with zero attached hydrogens (tertiary/aromatic N) is 1. The summed E-state index contributed by atoms with van der Waals surface area (Å²) in [4.78, 5) is 14.7. The van der Waals surface area contributed by atoms with Crippen molar-refractivity contribution in [2.75, 3.05) is 0 Å². The first-order valence-electron chi connectivity index (χ1n) is 5.15. The lowest BCUT2D eigenvalue weighted by Gasteiger charge is -1.95. The Morgan fingerprint density at radius 3 is 2.88 bits per heavy atom. The van der Waals surface area contributed by atoms with Crippen molar-refractivity contribution in [3.63, 3.8) is 0 Å². The summed E-state index contributed by atoms with van der Waals surface area (Å²) >= 11 is 0. The lowest BCUT2D eigenvalue weighted by atomic mass is 10.1. The number of aryl methyl sites for hydroxylation is 3. The molecule has 0 aliphatic rings. The maximum atomic E-state index is 10.4. The van der Waals surface area contributed by atoms with Crippen LogP contribution in [0.1, 0.15) is 23.4 Å². The predicted octanol–water partition coefficient (Wildman–Crippen LogP) is 2.46. The molecule has 1 aromatic carbocycles. The summed E-state index contributed by atoms with van der Waals surface area (Å²) in [7, 11) is 0. The lowest BCUT2D eigenvalue weighted by molar-refractivity contribution is -0.137. The van der Waals surface area contributed by atoms with Crippen LogP contribution in [-0.2, 0) is 11.2 Å². The van der Waals surface area contributed by atoms with Crippen LogP contribution in [0.5, 0.6) is 0 Å². The molecule has 4 heteroatoms. The molecule has 1 heterocycles. The number of aliphatic carboxylic acids is 1. The molecule has 4 nitrogen and oxygen atoms in total. The Balaban J connectivity index is 2.36. The zero-order valence-corrected chi connectivity index (χ0v) is 9.28. The predicted molar refractivity (Wildman–Crippen MR) is 59.4 cm³/mol. The SMILES string of the molecule is Cc1cc(C)c2oc(CCC(=O)O)nc2c1. The molecule has 0 aliphatic carbocycles. The summed E-state index contributed by atoms with van der Waals surface area (Å²) in [6.07, 6.45) is 0.382. The summed E-state index contributed by atoms with van der Waals surface area (Å²) in [6.45, 7) is 3.96. The number of rotatable bonds is 3. The fourth-order valence-electron chi connectivity index (χ4n) is 1.74. The maximum Gasteiger partial charge on any atom is 0.303 e. The fraction of sp³-hybridized carbons (Fsp3) is 0.333. The van der Waals surface area contributed by atoms with E-state index in [1.807, 2.05) is 26.0 Å². The Morgan fingerprint density at radius 1 is 1.44 bits per heavy atom. The van der Waals surface area contributed by atoms with E-state index in [9.17, 15) is 4.79 Å². The highest BCUT2D eigenvalue weighted by Crippen LogP contribution is 2.21. The highest BCUT2D eigenvalue weighted by Gasteiger charge is 2.09. The number of carboxylic acids is 1. The number of carbonyl (C=O) groups is 1. The molecule has 0 aliphatic heterocycles. The highest BCUT2D eigenvalue weighted by molar-refractivity contribution is 5.77. The van der Waals surface area contributed by atoms with Crippen molar-refractivity contribution < 1.29 is 14.3 Å². The number of benzene rings is 1. The third-order valence-corrected chi connectivity index (χ3v) is 2.42. The van der Waals surface area contributed by atoms with Crippen LogP contribution in [0.15, 0.2) is 16.5 Å². The van der Waals surface area contributed by atoms with Gasteiger partial charge in [0, 0.05) is 6.42 Å². The first kappa shape index (κ1) is 10.7. The minimum Gasteiger partial charge on any atom is -0.481 e. The molecule has 0 bridgehead atoms. The van der Waals surface area contributed by atoms with Gasteiger partial charge in [0.05, 0.1) is 6.42 Å². The molecular formula is C12H13NO3. The topological polar surface area (TPSA) is 63.3 Å². The molecule has 84 valence electrons. The van der Waals surface area contributed by atoms with Gasteiger partial charge in [0.2, 0.25) is 0 Å². The summed E-state index contributed by atoms with van der Waals surface area (Å²) in [6, 6.07) is 3.96. The molecule has 0 atom stereocenters. The van der Waals surface area contributed by atoms with Gasteiger partial charge in [-0.3, -0.25) is 4.79 Å². The van der Waals surface area contributed by atoms with Gasteiger partial charge >= 0.3 is 5.97 Å². The van der Waals surface area contributed by atoms with Crippen molar-refractivity contribution in [2.24, 2.45) is 0 Å². The Hall–Kier alpha value is -1.84. The van der Waals surface area contributed by atoms with Crippen molar-refractivity contribution in [1.82, 2.24) is 4.98 Å². The summed E-state index contributed by atoms with van der Waals surface area (Å²) in [5.74, 6) is -0.346.